The van der Waals surface area contributed by atoms with Gasteiger partial charge in [0.1, 0.15) is 11.2 Å². The predicted molar refractivity (Wildman–Crippen MR) is 99.4 cm³/mol. The fraction of sp³-hybridized carbons (Fsp3) is 0.611. The van der Waals surface area contributed by atoms with Gasteiger partial charge < -0.3 is 18.9 Å². The van der Waals surface area contributed by atoms with E-state index in [4.69, 9.17) is 18.9 Å². The van der Waals surface area contributed by atoms with Gasteiger partial charge in [-0.3, -0.25) is 0 Å². The lowest BCUT2D eigenvalue weighted by Crippen LogP contribution is -2.31. The topological polar surface area (TPSA) is 130 Å². The molecule has 10 heteroatoms. The van der Waals surface area contributed by atoms with Crippen LogP contribution in [0.15, 0.2) is 16.2 Å². The Bertz CT molecular complexity index is 639. The SMILES string of the molecule is CCOC(=O)C(C(=O)OCC)=C(C(=O)OCC)/C(C)=N/NC(=O)OC(C)(C)C. The summed E-state index contributed by atoms with van der Waals surface area (Å²) in [5.74, 6) is -3.14. The molecule has 0 saturated heterocycles. The minimum Gasteiger partial charge on any atom is -0.462 e. The Labute approximate surface area is 164 Å². The van der Waals surface area contributed by atoms with Crippen molar-refractivity contribution in [3.8, 4) is 0 Å². The van der Waals surface area contributed by atoms with Crippen molar-refractivity contribution >= 4 is 29.7 Å². The molecule has 10 nitrogen and oxygen atoms in total. The van der Waals surface area contributed by atoms with Crippen molar-refractivity contribution in [2.75, 3.05) is 19.8 Å². The normalized spacial score (nSPS) is 11.2. The third kappa shape index (κ3) is 8.65. The van der Waals surface area contributed by atoms with Gasteiger partial charge in [-0.1, -0.05) is 0 Å². The molecule has 0 aliphatic carbocycles. The molecule has 28 heavy (non-hydrogen) atoms. The molecule has 0 unspecified atom stereocenters. The molecule has 0 aliphatic rings. The molecule has 1 amide bonds. The Morgan fingerprint density at radius 1 is 0.786 bits per heavy atom. The average Bonchev–Trinajstić information content (AvgIpc) is 2.56. The van der Waals surface area contributed by atoms with E-state index in [1.807, 2.05) is 0 Å². The number of hydrogen-bond donors (Lipinski definition) is 1. The van der Waals surface area contributed by atoms with E-state index in [1.54, 1.807) is 27.7 Å². The van der Waals surface area contributed by atoms with E-state index in [-0.39, 0.29) is 25.5 Å². The number of carbonyl (C=O) groups excluding carboxylic acids is 4. The second-order valence-corrected chi connectivity index (χ2v) is 6.22. The van der Waals surface area contributed by atoms with Crippen LogP contribution in [0.4, 0.5) is 4.79 Å². The molecule has 0 heterocycles. The molecule has 0 aromatic heterocycles. The van der Waals surface area contributed by atoms with E-state index in [0.717, 1.165) is 0 Å². The van der Waals surface area contributed by atoms with Gasteiger partial charge in [0.2, 0.25) is 0 Å². The molecule has 0 saturated carbocycles. The number of hydrogen-bond acceptors (Lipinski definition) is 9. The number of hydrazone groups is 1. The summed E-state index contributed by atoms with van der Waals surface area (Å²) in [5, 5.41) is 3.74. The zero-order valence-electron chi connectivity index (χ0n) is 17.3. The van der Waals surface area contributed by atoms with Gasteiger partial charge in [-0.25, -0.2) is 24.6 Å². The maximum atomic E-state index is 12.4. The Morgan fingerprint density at radius 2 is 1.18 bits per heavy atom. The molecule has 0 bridgehead atoms. The molecule has 158 valence electrons. The van der Waals surface area contributed by atoms with Crippen LogP contribution in [0, 0.1) is 0 Å². The highest BCUT2D eigenvalue weighted by Crippen LogP contribution is 2.14. The lowest BCUT2D eigenvalue weighted by Gasteiger charge is -2.18. The van der Waals surface area contributed by atoms with Gasteiger partial charge in [-0.05, 0) is 48.5 Å². The highest BCUT2D eigenvalue weighted by Gasteiger charge is 2.32. The first-order chi connectivity index (χ1) is 13.0. The molecule has 0 aromatic rings. The van der Waals surface area contributed by atoms with Crippen LogP contribution in [0.5, 0.6) is 0 Å². The van der Waals surface area contributed by atoms with E-state index >= 15 is 0 Å². The molecule has 0 spiro atoms. The van der Waals surface area contributed by atoms with E-state index < -0.39 is 40.7 Å². The van der Waals surface area contributed by atoms with Crippen molar-refractivity contribution in [1.82, 2.24) is 5.43 Å². The van der Waals surface area contributed by atoms with Crippen molar-refractivity contribution < 1.29 is 38.1 Å². The van der Waals surface area contributed by atoms with Gasteiger partial charge in [0.25, 0.3) is 0 Å². The van der Waals surface area contributed by atoms with E-state index in [0.29, 0.717) is 0 Å². The van der Waals surface area contributed by atoms with E-state index in [2.05, 4.69) is 10.5 Å². The maximum Gasteiger partial charge on any atom is 0.428 e. The zero-order chi connectivity index (χ0) is 21.9. The summed E-state index contributed by atoms with van der Waals surface area (Å²) in [4.78, 5) is 48.7. The monoisotopic (exact) mass is 400 g/mol. The van der Waals surface area contributed by atoms with Gasteiger partial charge in [0.15, 0.2) is 5.57 Å². The van der Waals surface area contributed by atoms with Crippen molar-refractivity contribution in [2.45, 2.75) is 54.1 Å². The van der Waals surface area contributed by atoms with E-state index in [1.165, 1.54) is 20.8 Å². The number of ether oxygens (including phenoxy) is 4. The Morgan fingerprint density at radius 3 is 1.54 bits per heavy atom. The standard InChI is InChI=1S/C18H28N2O8/c1-8-25-14(21)12(11(4)19-20-17(24)28-18(5,6)7)13(15(22)26-9-2)16(23)27-10-3/h8-10H2,1-7H3,(H,20,24)/b19-11+. The molecule has 0 aliphatic heterocycles. The lowest BCUT2D eigenvalue weighted by atomic mass is 10.0. The van der Waals surface area contributed by atoms with Gasteiger partial charge in [-0.2, -0.15) is 5.10 Å². The third-order valence-corrected chi connectivity index (χ3v) is 2.76. The van der Waals surface area contributed by atoms with Crippen LogP contribution in [0.25, 0.3) is 0 Å². The fourth-order valence-electron chi connectivity index (χ4n) is 1.81. The first-order valence-corrected chi connectivity index (χ1v) is 8.77. The average molecular weight is 400 g/mol. The molecule has 0 rings (SSSR count). The van der Waals surface area contributed by atoms with Crippen LogP contribution in [0.2, 0.25) is 0 Å². The number of nitrogens with zero attached hydrogens (tertiary/aromatic N) is 1. The van der Waals surface area contributed by atoms with Gasteiger partial charge in [0, 0.05) is 0 Å². The maximum absolute atomic E-state index is 12.4. The second kappa shape index (κ2) is 11.7. The predicted octanol–water partition coefficient (Wildman–Crippen LogP) is 1.87. The minimum atomic E-state index is -1.07. The first kappa shape index (κ1) is 25.1. The summed E-state index contributed by atoms with van der Waals surface area (Å²) < 4.78 is 19.6. The third-order valence-electron chi connectivity index (χ3n) is 2.76. The van der Waals surface area contributed by atoms with Crippen LogP contribution in [0.1, 0.15) is 48.5 Å². The molecular formula is C18H28N2O8. The van der Waals surface area contributed by atoms with E-state index in [9.17, 15) is 19.2 Å². The van der Waals surface area contributed by atoms with Crippen LogP contribution >= 0.6 is 0 Å². The number of carbonyl (C=O) groups is 4. The largest absolute Gasteiger partial charge is 0.462 e. The van der Waals surface area contributed by atoms with Crippen LogP contribution < -0.4 is 5.43 Å². The molecular weight excluding hydrogens is 372 g/mol. The molecule has 0 atom stereocenters. The minimum absolute atomic E-state index is 0.0198. The fourth-order valence-corrected chi connectivity index (χ4v) is 1.81. The van der Waals surface area contributed by atoms with Crippen molar-refractivity contribution in [2.24, 2.45) is 5.10 Å². The summed E-state index contributed by atoms with van der Waals surface area (Å²) in [6.07, 6.45) is -0.885. The van der Waals surface area contributed by atoms with Crippen molar-refractivity contribution in [3.63, 3.8) is 0 Å². The summed E-state index contributed by atoms with van der Waals surface area (Å²) in [5.41, 5.74) is 0.00911. The van der Waals surface area contributed by atoms with Crippen LogP contribution in [-0.2, 0) is 33.3 Å². The summed E-state index contributed by atoms with van der Waals surface area (Å²) in [7, 11) is 0. The Hall–Kier alpha value is -2.91. The number of esters is 3. The summed E-state index contributed by atoms with van der Waals surface area (Å²) >= 11 is 0. The molecule has 0 fully saturated rings. The highest BCUT2D eigenvalue weighted by atomic mass is 16.6. The Kier molecular flexibility index (Phi) is 10.5. The summed E-state index contributed by atoms with van der Waals surface area (Å²) in [6, 6.07) is 0. The Balaban J connectivity index is 6.15. The second-order valence-electron chi connectivity index (χ2n) is 6.22. The first-order valence-electron chi connectivity index (χ1n) is 8.77. The molecule has 0 aromatic carbocycles. The van der Waals surface area contributed by atoms with Gasteiger partial charge >= 0.3 is 24.0 Å². The molecule has 0 radical (unpaired) electrons. The van der Waals surface area contributed by atoms with Crippen LogP contribution in [-0.4, -0.2) is 55.1 Å². The van der Waals surface area contributed by atoms with Gasteiger partial charge in [-0.15, -0.1) is 0 Å². The van der Waals surface area contributed by atoms with Crippen molar-refractivity contribution in [3.05, 3.63) is 11.1 Å². The summed E-state index contributed by atoms with van der Waals surface area (Å²) in [6.45, 7) is 10.8. The van der Waals surface area contributed by atoms with Gasteiger partial charge in [0.05, 0.1) is 25.5 Å². The smallest absolute Gasteiger partial charge is 0.428 e. The number of rotatable bonds is 8. The zero-order valence-corrected chi connectivity index (χ0v) is 17.3. The highest BCUT2D eigenvalue weighted by molar-refractivity contribution is 6.30. The van der Waals surface area contributed by atoms with Crippen molar-refractivity contribution in [1.29, 1.82) is 0 Å². The number of nitrogens with one attached hydrogen (secondary N) is 1. The lowest BCUT2D eigenvalue weighted by molar-refractivity contribution is -0.148. The van der Waals surface area contributed by atoms with Crippen LogP contribution in [0.3, 0.4) is 0 Å². The quantitative estimate of drug-likeness (QED) is 0.124. The number of amides is 1. The molecule has 1 N–H and O–H groups in total.